The van der Waals surface area contributed by atoms with Crippen molar-refractivity contribution in [1.82, 2.24) is 4.98 Å². The topological polar surface area (TPSA) is 60.2 Å². The van der Waals surface area contributed by atoms with Crippen molar-refractivity contribution in [3.8, 4) is 6.07 Å². The fourth-order valence-corrected chi connectivity index (χ4v) is 2.00. The molecule has 2 rings (SSSR count). The zero-order valence-corrected chi connectivity index (χ0v) is 10.6. The van der Waals surface area contributed by atoms with Gasteiger partial charge in [0.25, 0.3) is 6.43 Å². The number of para-hydroxylation sites is 1. The summed E-state index contributed by atoms with van der Waals surface area (Å²) >= 11 is 0. The Labute approximate surface area is 114 Å². The van der Waals surface area contributed by atoms with Crippen LogP contribution in [0.1, 0.15) is 5.56 Å². The first-order valence-corrected chi connectivity index (χ1v) is 6.09. The molecule has 0 saturated carbocycles. The van der Waals surface area contributed by atoms with Crippen LogP contribution >= 0.6 is 0 Å². The molecule has 0 spiro atoms. The highest BCUT2D eigenvalue weighted by atomic mass is 19.3. The first kappa shape index (κ1) is 14.2. The van der Waals surface area contributed by atoms with Gasteiger partial charge >= 0.3 is 0 Å². The van der Waals surface area contributed by atoms with Crippen molar-refractivity contribution in [1.29, 1.82) is 5.26 Å². The van der Waals surface area contributed by atoms with Crippen LogP contribution in [0.4, 0.5) is 14.6 Å². The van der Waals surface area contributed by atoms with Crippen LogP contribution in [0.25, 0.3) is 10.9 Å². The Balaban J connectivity index is 2.50. The molecule has 1 heterocycles. The van der Waals surface area contributed by atoms with Gasteiger partial charge in [0, 0.05) is 11.9 Å². The summed E-state index contributed by atoms with van der Waals surface area (Å²) in [4.78, 5) is 5.56. The van der Waals surface area contributed by atoms with Crippen LogP contribution in [-0.2, 0) is 0 Å². The summed E-state index contributed by atoms with van der Waals surface area (Å²) in [5, 5.41) is 18.8. The maximum absolute atomic E-state index is 12.6. The molecule has 0 radical (unpaired) electrons. The van der Waals surface area contributed by atoms with Crippen LogP contribution in [0, 0.1) is 11.3 Å². The Morgan fingerprint density at radius 2 is 2.10 bits per heavy atom. The minimum absolute atomic E-state index is 0.0422. The maximum Gasteiger partial charge on any atom is 0.255 e. The fraction of sp³-hybridized carbons (Fsp3) is 0.286. The minimum Gasteiger partial charge on any atom is -0.395 e. The number of aromatic nitrogens is 1. The van der Waals surface area contributed by atoms with Gasteiger partial charge in [-0.05, 0) is 12.1 Å². The van der Waals surface area contributed by atoms with Crippen LogP contribution < -0.4 is 4.90 Å². The highest BCUT2D eigenvalue weighted by Gasteiger charge is 2.15. The lowest BCUT2D eigenvalue weighted by atomic mass is 10.1. The van der Waals surface area contributed by atoms with E-state index in [0.717, 1.165) is 0 Å². The van der Waals surface area contributed by atoms with Gasteiger partial charge in [0.15, 0.2) is 0 Å². The summed E-state index contributed by atoms with van der Waals surface area (Å²) in [6.07, 6.45) is -2.54. The van der Waals surface area contributed by atoms with Crippen molar-refractivity contribution in [2.24, 2.45) is 0 Å². The number of rotatable bonds is 5. The molecule has 20 heavy (non-hydrogen) atoms. The van der Waals surface area contributed by atoms with Crippen molar-refractivity contribution >= 4 is 16.7 Å². The largest absolute Gasteiger partial charge is 0.395 e. The normalized spacial score (nSPS) is 10.8. The molecule has 1 N–H and O–H groups in total. The molecule has 0 bridgehead atoms. The molecule has 0 saturated heterocycles. The van der Waals surface area contributed by atoms with E-state index in [-0.39, 0.29) is 19.0 Å². The quantitative estimate of drug-likeness (QED) is 0.910. The molecule has 0 amide bonds. The van der Waals surface area contributed by atoms with Crippen molar-refractivity contribution in [3.63, 3.8) is 0 Å². The molecule has 1 aromatic carbocycles. The van der Waals surface area contributed by atoms with Gasteiger partial charge in [-0.1, -0.05) is 18.2 Å². The third-order valence-corrected chi connectivity index (χ3v) is 2.88. The maximum atomic E-state index is 12.6. The van der Waals surface area contributed by atoms with E-state index < -0.39 is 13.0 Å². The smallest absolute Gasteiger partial charge is 0.255 e. The predicted molar refractivity (Wildman–Crippen MR) is 71.8 cm³/mol. The van der Waals surface area contributed by atoms with E-state index in [1.54, 1.807) is 24.3 Å². The van der Waals surface area contributed by atoms with Crippen molar-refractivity contribution < 1.29 is 13.9 Å². The van der Waals surface area contributed by atoms with Crippen molar-refractivity contribution in [2.75, 3.05) is 24.6 Å². The molecule has 0 aliphatic carbocycles. The Morgan fingerprint density at radius 1 is 1.35 bits per heavy atom. The highest BCUT2D eigenvalue weighted by molar-refractivity contribution is 5.86. The molecule has 0 aliphatic rings. The number of anilines is 1. The zero-order valence-electron chi connectivity index (χ0n) is 10.6. The monoisotopic (exact) mass is 277 g/mol. The summed E-state index contributed by atoms with van der Waals surface area (Å²) < 4.78 is 25.1. The number of alkyl halides is 2. The van der Waals surface area contributed by atoms with Crippen molar-refractivity contribution in [2.45, 2.75) is 6.43 Å². The molecule has 4 nitrogen and oxygen atoms in total. The number of aliphatic hydroxyl groups excluding tert-OH is 1. The van der Waals surface area contributed by atoms with Crippen LogP contribution in [0.15, 0.2) is 30.3 Å². The number of aliphatic hydroxyl groups is 1. The summed E-state index contributed by atoms with van der Waals surface area (Å²) in [7, 11) is 0. The highest BCUT2D eigenvalue weighted by Crippen LogP contribution is 2.22. The number of hydrogen-bond acceptors (Lipinski definition) is 4. The number of benzene rings is 1. The van der Waals surface area contributed by atoms with E-state index in [1.807, 2.05) is 6.07 Å². The van der Waals surface area contributed by atoms with E-state index in [9.17, 15) is 8.78 Å². The molecule has 1 aromatic heterocycles. The minimum atomic E-state index is -2.54. The Bertz CT molecular complexity index is 640. The summed E-state index contributed by atoms with van der Waals surface area (Å²) in [5.41, 5.74) is 0.946. The second kappa shape index (κ2) is 6.26. The average Bonchev–Trinajstić information content (AvgIpc) is 2.45. The van der Waals surface area contributed by atoms with Crippen molar-refractivity contribution in [3.05, 3.63) is 35.9 Å². The standard InChI is InChI=1S/C14H13F2N3O/c15-13(16)9-19(5-6-20)14-7-10(8-17)11-3-1-2-4-12(11)18-14/h1-4,7,13,20H,5-6,9H2. The average molecular weight is 277 g/mol. The van der Waals surface area contributed by atoms with Gasteiger partial charge in [0.1, 0.15) is 5.82 Å². The van der Waals surface area contributed by atoms with E-state index >= 15 is 0 Å². The zero-order chi connectivity index (χ0) is 14.5. The number of nitrogens with zero attached hydrogens (tertiary/aromatic N) is 3. The van der Waals surface area contributed by atoms with Gasteiger partial charge in [-0.2, -0.15) is 5.26 Å². The van der Waals surface area contributed by atoms with Crippen LogP contribution in [0.3, 0.4) is 0 Å². The molecule has 6 heteroatoms. The molecule has 0 atom stereocenters. The number of fused-ring (bicyclic) bond motifs is 1. The third-order valence-electron chi connectivity index (χ3n) is 2.88. The first-order valence-electron chi connectivity index (χ1n) is 6.09. The Kier molecular flexibility index (Phi) is 4.43. The lowest BCUT2D eigenvalue weighted by molar-refractivity contribution is 0.152. The fourth-order valence-electron chi connectivity index (χ4n) is 2.00. The van der Waals surface area contributed by atoms with Gasteiger partial charge in [0.05, 0.1) is 30.3 Å². The summed E-state index contributed by atoms with van der Waals surface area (Å²) in [6.45, 7) is -0.750. The molecular weight excluding hydrogens is 264 g/mol. The molecule has 0 aliphatic heterocycles. The van der Waals surface area contributed by atoms with E-state index in [1.165, 1.54) is 11.0 Å². The van der Waals surface area contributed by atoms with E-state index in [0.29, 0.717) is 16.5 Å². The van der Waals surface area contributed by atoms with Crippen LogP contribution in [0.2, 0.25) is 0 Å². The van der Waals surface area contributed by atoms with Crippen LogP contribution in [-0.4, -0.2) is 36.2 Å². The number of halogens is 2. The van der Waals surface area contributed by atoms with E-state index in [4.69, 9.17) is 10.4 Å². The number of nitriles is 1. The molecule has 0 fully saturated rings. The molecule has 2 aromatic rings. The predicted octanol–water partition coefficient (Wildman–Crippen LogP) is 2.17. The van der Waals surface area contributed by atoms with Crippen LogP contribution in [0.5, 0.6) is 0 Å². The summed E-state index contributed by atoms with van der Waals surface area (Å²) in [6, 6.07) is 10.6. The molecular formula is C14H13F2N3O. The lowest BCUT2D eigenvalue weighted by Crippen LogP contribution is -2.32. The van der Waals surface area contributed by atoms with E-state index in [2.05, 4.69) is 4.98 Å². The second-order valence-corrected chi connectivity index (χ2v) is 4.22. The SMILES string of the molecule is N#Cc1cc(N(CCO)CC(F)F)nc2ccccc12. The van der Waals surface area contributed by atoms with Gasteiger partial charge in [-0.25, -0.2) is 13.8 Å². The second-order valence-electron chi connectivity index (χ2n) is 4.22. The first-order chi connectivity index (χ1) is 9.65. The number of pyridine rings is 1. The van der Waals surface area contributed by atoms with Gasteiger partial charge in [-0.3, -0.25) is 0 Å². The van der Waals surface area contributed by atoms with Gasteiger partial charge < -0.3 is 10.0 Å². The Hall–Kier alpha value is -2.26. The van der Waals surface area contributed by atoms with Gasteiger partial charge in [-0.15, -0.1) is 0 Å². The van der Waals surface area contributed by atoms with Gasteiger partial charge in [0.2, 0.25) is 0 Å². The number of hydrogen-bond donors (Lipinski definition) is 1. The Morgan fingerprint density at radius 3 is 2.75 bits per heavy atom. The molecule has 0 unspecified atom stereocenters. The lowest BCUT2D eigenvalue weighted by Gasteiger charge is -2.22. The summed E-state index contributed by atoms with van der Waals surface area (Å²) in [5.74, 6) is 0.273. The third kappa shape index (κ3) is 3.00. The molecule has 104 valence electrons.